The summed E-state index contributed by atoms with van der Waals surface area (Å²) in [5.74, 6) is -0.723. The average molecular weight is 241 g/mol. The Labute approximate surface area is 97.0 Å². The highest BCUT2D eigenvalue weighted by molar-refractivity contribution is 5.38. The SMILES string of the molecule is O=[N+]([O-])c1ccc(O[C@@H]2CCC[C@H]2O)cc1F. The molecule has 6 heteroatoms. The first-order valence-electron chi connectivity index (χ1n) is 5.36. The summed E-state index contributed by atoms with van der Waals surface area (Å²) in [5.41, 5.74) is -0.579. The molecule has 2 atom stereocenters. The van der Waals surface area contributed by atoms with E-state index in [9.17, 15) is 19.6 Å². The molecule has 0 saturated heterocycles. The normalized spacial score (nSPS) is 23.6. The van der Waals surface area contributed by atoms with Crippen molar-refractivity contribution in [2.45, 2.75) is 31.5 Å². The van der Waals surface area contributed by atoms with Crippen LogP contribution in [0.5, 0.6) is 5.75 Å². The van der Waals surface area contributed by atoms with E-state index in [0.717, 1.165) is 18.6 Å². The lowest BCUT2D eigenvalue weighted by Gasteiger charge is -2.16. The number of nitro benzene ring substituents is 1. The molecule has 5 nitrogen and oxygen atoms in total. The van der Waals surface area contributed by atoms with Crippen LogP contribution in [0.15, 0.2) is 18.2 Å². The molecular formula is C11H12FNO4. The van der Waals surface area contributed by atoms with Crippen molar-refractivity contribution in [3.05, 3.63) is 34.1 Å². The summed E-state index contributed by atoms with van der Waals surface area (Å²) >= 11 is 0. The maximum Gasteiger partial charge on any atom is 0.305 e. The van der Waals surface area contributed by atoms with E-state index in [4.69, 9.17) is 4.74 Å². The van der Waals surface area contributed by atoms with Gasteiger partial charge in [-0.2, -0.15) is 4.39 Å². The van der Waals surface area contributed by atoms with Crippen molar-refractivity contribution in [3.8, 4) is 5.75 Å². The second kappa shape index (κ2) is 4.67. The molecule has 1 aromatic carbocycles. The number of hydrogen-bond acceptors (Lipinski definition) is 4. The van der Waals surface area contributed by atoms with Gasteiger partial charge < -0.3 is 9.84 Å². The van der Waals surface area contributed by atoms with Crippen LogP contribution >= 0.6 is 0 Å². The summed E-state index contributed by atoms with van der Waals surface area (Å²) in [7, 11) is 0. The van der Waals surface area contributed by atoms with Crippen molar-refractivity contribution in [2.24, 2.45) is 0 Å². The van der Waals surface area contributed by atoms with Crippen molar-refractivity contribution in [1.29, 1.82) is 0 Å². The Hall–Kier alpha value is -1.69. The highest BCUT2D eigenvalue weighted by Crippen LogP contribution is 2.27. The topological polar surface area (TPSA) is 72.6 Å². The number of aliphatic hydroxyl groups is 1. The molecule has 0 bridgehead atoms. The fourth-order valence-corrected chi connectivity index (χ4v) is 1.93. The molecule has 1 fully saturated rings. The van der Waals surface area contributed by atoms with Crippen LogP contribution in [0.2, 0.25) is 0 Å². The van der Waals surface area contributed by atoms with Crippen LogP contribution in [0.1, 0.15) is 19.3 Å². The molecule has 1 aliphatic carbocycles. The van der Waals surface area contributed by atoms with Gasteiger partial charge in [-0.05, 0) is 25.3 Å². The minimum atomic E-state index is -0.931. The molecule has 0 unspecified atom stereocenters. The first kappa shape index (κ1) is 11.8. The van der Waals surface area contributed by atoms with Crippen LogP contribution in [0.4, 0.5) is 10.1 Å². The van der Waals surface area contributed by atoms with Gasteiger partial charge in [-0.15, -0.1) is 0 Å². The number of aliphatic hydroxyl groups excluding tert-OH is 1. The van der Waals surface area contributed by atoms with Gasteiger partial charge >= 0.3 is 5.69 Å². The van der Waals surface area contributed by atoms with Crippen molar-refractivity contribution in [3.63, 3.8) is 0 Å². The number of halogens is 1. The summed E-state index contributed by atoms with van der Waals surface area (Å²) in [5, 5.41) is 19.9. The van der Waals surface area contributed by atoms with Crippen molar-refractivity contribution in [2.75, 3.05) is 0 Å². The zero-order valence-corrected chi connectivity index (χ0v) is 9.01. The molecule has 17 heavy (non-hydrogen) atoms. The third kappa shape index (κ3) is 2.52. The second-order valence-electron chi connectivity index (χ2n) is 4.02. The summed E-state index contributed by atoms with van der Waals surface area (Å²) in [6.07, 6.45) is 1.34. The Morgan fingerprint density at radius 1 is 1.47 bits per heavy atom. The number of benzene rings is 1. The first-order valence-corrected chi connectivity index (χ1v) is 5.36. The molecule has 0 aliphatic heterocycles. The van der Waals surface area contributed by atoms with E-state index < -0.39 is 22.5 Å². The van der Waals surface area contributed by atoms with E-state index in [-0.39, 0.29) is 11.9 Å². The van der Waals surface area contributed by atoms with Gasteiger partial charge in [0.1, 0.15) is 11.9 Å². The fraction of sp³-hybridized carbons (Fsp3) is 0.455. The smallest absolute Gasteiger partial charge is 0.305 e. The van der Waals surface area contributed by atoms with E-state index in [0.29, 0.717) is 12.8 Å². The predicted molar refractivity (Wildman–Crippen MR) is 57.3 cm³/mol. The monoisotopic (exact) mass is 241 g/mol. The van der Waals surface area contributed by atoms with Gasteiger partial charge in [-0.1, -0.05) is 0 Å². The van der Waals surface area contributed by atoms with Gasteiger partial charge in [0.2, 0.25) is 5.82 Å². The number of hydrogen-bond donors (Lipinski definition) is 1. The van der Waals surface area contributed by atoms with Gasteiger partial charge in [-0.25, -0.2) is 0 Å². The average Bonchev–Trinajstić information content (AvgIpc) is 2.64. The molecule has 1 saturated carbocycles. The third-order valence-electron chi connectivity index (χ3n) is 2.82. The van der Waals surface area contributed by atoms with E-state index in [2.05, 4.69) is 0 Å². The number of ether oxygens (including phenoxy) is 1. The van der Waals surface area contributed by atoms with Gasteiger partial charge in [-0.3, -0.25) is 10.1 Å². The molecule has 1 aliphatic rings. The Morgan fingerprint density at radius 3 is 2.76 bits per heavy atom. The Morgan fingerprint density at radius 2 is 2.24 bits per heavy atom. The molecule has 1 aromatic rings. The van der Waals surface area contributed by atoms with Crippen molar-refractivity contribution >= 4 is 5.69 Å². The minimum Gasteiger partial charge on any atom is -0.488 e. The van der Waals surface area contributed by atoms with Crippen LogP contribution in [0, 0.1) is 15.9 Å². The van der Waals surface area contributed by atoms with Gasteiger partial charge in [0.15, 0.2) is 0 Å². The molecule has 0 radical (unpaired) electrons. The Balaban J connectivity index is 2.12. The van der Waals surface area contributed by atoms with Crippen molar-refractivity contribution < 1.29 is 19.2 Å². The second-order valence-corrected chi connectivity index (χ2v) is 4.02. The lowest BCUT2D eigenvalue weighted by atomic mass is 10.2. The molecule has 92 valence electrons. The summed E-state index contributed by atoms with van der Waals surface area (Å²) in [4.78, 5) is 9.63. The van der Waals surface area contributed by atoms with E-state index in [1.165, 1.54) is 6.07 Å². The Kier molecular flexibility index (Phi) is 3.23. The molecule has 2 rings (SSSR count). The van der Waals surface area contributed by atoms with Gasteiger partial charge in [0, 0.05) is 12.1 Å². The van der Waals surface area contributed by atoms with Gasteiger partial charge in [0.25, 0.3) is 0 Å². The molecular weight excluding hydrogens is 229 g/mol. The largest absolute Gasteiger partial charge is 0.488 e. The first-order chi connectivity index (χ1) is 8.08. The molecule has 0 heterocycles. The lowest BCUT2D eigenvalue weighted by molar-refractivity contribution is -0.387. The van der Waals surface area contributed by atoms with Gasteiger partial charge in [0.05, 0.1) is 11.0 Å². The maximum absolute atomic E-state index is 13.3. The van der Waals surface area contributed by atoms with Crippen LogP contribution < -0.4 is 4.74 Å². The van der Waals surface area contributed by atoms with Crippen LogP contribution in [0.25, 0.3) is 0 Å². The molecule has 1 N–H and O–H groups in total. The van der Waals surface area contributed by atoms with Crippen LogP contribution in [-0.2, 0) is 0 Å². The predicted octanol–water partition coefficient (Wildman–Crippen LogP) is 2.03. The van der Waals surface area contributed by atoms with Crippen LogP contribution in [0.3, 0.4) is 0 Å². The summed E-state index contributed by atoms with van der Waals surface area (Å²) in [6, 6.07) is 3.38. The number of nitrogens with zero attached hydrogens (tertiary/aromatic N) is 1. The minimum absolute atomic E-state index is 0.207. The van der Waals surface area contributed by atoms with Crippen LogP contribution in [-0.4, -0.2) is 22.2 Å². The quantitative estimate of drug-likeness (QED) is 0.649. The zero-order chi connectivity index (χ0) is 12.4. The molecule has 0 amide bonds. The Bertz CT molecular complexity index is 437. The molecule has 0 spiro atoms. The van der Waals surface area contributed by atoms with E-state index in [1.54, 1.807) is 0 Å². The number of nitro groups is 1. The highest BCUT2D eigenvalue weighted by Gasteiger charge is 2.27. The third-order valence-corrected chi connectivity index (χ3v) is 2.82. The highest BCUT2D eigenvalue weighted by atomic mass is 19.1. The summed E-state index contributed by atoms with van der Waals surface area (Å²) < 4.78 is 18.7. The molecule has 0 aromatic heterocycles. The van der Waals surface area contributed by atoms with E-state index >= 15 is 0 Å². The van der Waals surface area contributed by atoms with Crippen molar-refractivity contribution in [1.82, 2.24) is 0 Å². The lowest BCUT2D eigenvalue weighted by Crippen LogP contribution is -2.25. The number of rotatable bonds is 3. The standard InChI is InChI=1S/C11H12FNO4/c12-8-6-7(4-5-9(8)13(15)16)17-11-3-1-2-10(11)14/h4-6,10-11,14H,1-3H2/t10-,11-/m1/s1. The summed E-state index contributed by atoms with van der Waals surface area (Å²) in [6.45, 7) is 0. The zero-order valence-electron chi connectivity index (χ0n) is 9.01. The van der Waals surface area contributed by atoms with E-state index in [1.807, 2.05) is 0 Å². The fourth-order valence-electron chi connectivity index (χ4n) is 1.93. The maximum atomic E-state index is 13.3.